The molecule has 0 saturated heterocycles. The normalized spacial score (nSPS) is 16.9. The molecular weight excluding hydrogens is 242 g/mol. The van der Waals surface area contributed by atoms with E-state index in [1.54, 1.807) is 0 Å². The monoisotopic (exact) mass is 265 g/mol. The van der Waals surface area contributed by atoms with Crippen LogP contribution < -0.4 is 5.32 Å². The highest BCUT2D eigenvalue weighted by Crippen LogP contribution is 2.48. The topological polar surface area (TPSA) is 12.0 Å². The van der Waals surface area contributed by atoms with Gasteiger partial charge >= 0.3 is 0 Å². The summed E-state index contributed by atoms with van der Waals surface area (Å²) >= 11 is 5.86. The minimum absolute atomic E-state index is 0.522. The van der Waals surface area contributed by atoms with Gasteiger partial charge in [0.2, 0.25) is 0 Å². The highest BCUT2D eigenvalue weighted by atomic mass is 35.5. The van der Waals surface area contributed by atoms with Crippen LogP contribution in [-0.4, -0.2) is 12.4 Å². The lowest BCUT2D eigenvalue weighted by atomic mass is 9.99. The van der Waals surface area contributed by atoms with Gasteiger partial charge in [-0.05, 0) is 62.1 Å². The molecule has 1 saturated carbocycles. The summed E-state index contributed by atoms with van der Waals surface area (Å²) in [6, 6.07) is 4.55. The Labute approximate surface area is 116 Å². The summed E-state index contributed by atoms with van der Waals surface area (Å²) in [5.41, 5.74) is 6.15. The maximum Gasteiger partial charge on any atom is 0.0229 e. The Morgan fingerprint density at radius 1 is 1.17 bits per heavy atom. The van der Waals surface area contributed by atoms with Crippen molar-refractivity contribution >= 4 is 11.6 Å². The Kier molecular flexibility index (Phi) is 4.34. The van der Waals surface area contributed by atoms with Gasteiger partial charge in [-0.3, -0.25) is 0 Å². The van der Waals surface area contributed by atoms with Gasteiger partial charge in [-0.2, -0.15) is 0 Å². The molecule has 0 atom stereocenters. The van der Waals surface area contributed by atoms with Crippen LogP contribution in [0.15, 0.2) is 12.1 Å². The van der Waals surface area contributed by atoms with Crippen molar-refractivity contribution in [1.29, 1.82) is 0 Å². The number of nitrogens with one attached hydrogen (secondary N) is 1. The summed E-state index contributed by atoms with van der Waals surface area (Å²) in [5.74, 6) is 0.796. The van der Waals surface area contributed by atoms with Gasteiger partial charge in [0.05, 0.1) is 0 Å². The van der Waals surface area contributed by atoms with Crippen LogP contribution >= 0.6 is 11.6 Å². The minimum Gasteiger partial charge on any atom is -0.312 e. The van der Waals surface area contributed by atoms with E-state index in [1.807, 2.05) is 0 Å². The second kappa shape index (κ2) is 5.63. The Hall–Kier alpha value is -0.530. The molecule has 0 spiro atoms. The molecule has 1 aliphatic rings. The average molecular weight is 266 g/mol. The van der Waals surface area contributed by atoms with Crippen LogP contribution in [0, 0.1) is 26.2 Å². The summed E-state index contributed by atoms with van der Waals surface area (Å²) in [6.45, 7) is 8.69. The number of alkyl halides is 1. The maximum atomic E-state index is 5.86. The first-order chi connectivity index (χ1) is 8.56. The van der Waals surface area contributed by atoms with Gasteiger partial charge in [0.25, 0.3) is 0 Å². The third-order valence-corrected chi connectivity index (χ3v) is 4.41. The van der Waals surface area contributed by atoms with Crippen molar-refractivity contribution in [1.82, 2.24) is 5.32 Å². The van der Waals surface area contributed by atoms with Crippen LogP contribution in [0.4, 0.5) is 0 Å². The molecule has 0 heterocycles. The van der Waals surface area contributed by atoms with Crippen molar-refractivity contribution in [2.24, 2.45) is 5.41 Å². The summed E-state index contributed by atoms with van der Waals surface area (Å²) in [4.78, 5) is 0. The van der Waals surface area contributed by atoms with Crippen molar-refractivity contribution in [3.8, 4) is 0 Å². The SMILES string of the molecule is Cc1cc(C)c(CNCC2(CCCl)CC2)c(C)c1. The van der Waals surface area contributed by atoms with E-state index in [0.29, 0.717) is 5.41 Å². The quantitative estimate of drug-likeness (QED) is 0.764. The zero-order valence-corrected chi connectivity index (χ0v) is 12.5. The lowest BCUT2D eigenvalue weighted by Crippen LogP contribution is -2.24. The van der Waals surface area contributed by atoms with Gasteiger partial charge in [0, 0.05) is 19.0 Å². The molecule has 1 aromatic rings. The molecule has 0 aromatic heterocycles. The summed E-state index contributed by atoms with van der Waals surface area (Å²) in [7, 11) is 0. The second-order valence-corrected chi connectivity index (χ2v) is 6.30. The standard InChI is InChI=1S/C16H24ClN/c1-12-8-13(2)15(14(3)9-12)10-18-11-16(4-5-16)6-7-17/h8-9,18H,4-7,10-11H2,1-3H3. The van der Waals surface area contributed by atoms with Gasteiger partial charge in [-0.1, -0.05) is 17.7 Å². The van der Waals surface area contributed by atoms with E-state index in [9.17, 15) is 0 Å². The lowest BCUT2D eigenvalue weighted by Gasteiger charge is -2.17. The van der Waals surface area contributed by atoms with E-state index in [2.05, 4.69) is 38.2 Å². The van der Waals surface area contributed by atoms with E-state index >= 15 is 0 Å². The van der Waals surface area contributed by atoms with Crippen LogP contribution in [0.1, 0.15) is 41.5 Å². The highest BCUT2D eigenvalue weighted by molar-refractivity contribution is 6.17. The molecule has 18 heavy (non-hydrogen) atoms. The molecule has 0 bridgehead atoms. The number of hydrogen-bond acceptors (Lipinski definition) is 1. The van der Waals surface area contributed by atoms with Crippen LogP contribution in [0.2, 0.25) is 0 Å². The Balaban J connectivity index is 1.91. The second-order valence-electron chi connectivity index (χ2n) is 5.92. The summed E-state index contributed by atoms with van der Waals surface area (Å²) < 4.78 is 0. The van der Waals surface area contributed by atoms with Gasteiger partial charge in [0.1, 0.15) is 0 Å². The molecule has 1 aromatic carbocycles. The Morgan fingerprint density at radius 2 is 1.78 bits per heavy atom. The minimum atomic E-state index is 0.522. The van der Waals surface area contributed by atoms with Crippen molar-refractivity contribution in [3.63, 3.8) is 0 Å². The van der Waals surface area contributed by atoms with Crippen LogP contribution in [0.5, 0.6) is 0 Å². The van der Waals surface area contributed by atoms with Crippen LogP contribution in [0.3, 0.4) is 0 Å². The Morgan fingerprint density at radius 3 is 2.28 bits per heavy atom. The lowest BCUT2D eigenvalue weighted by molar-refractivity contribution is 0.445. The molecule has 0 radical (unpaired) electrons. The summed E-state index contributed by atoms with van der Waals surface area (Å²) in [5, 5.41) is 3.63. The zero-order valence-electron chi connectivity index (χ0n) is 11.8. The molecular formula is C16H24ClN. The molecule has 1 nitrogen and oxygen atoms in total. The van der Waals surface area contributed by atoms with Crippen molar-refractivity contribution in [3.05, 3.63) is 34.4 Å². The van der Waals surface area contributed by atoms with E-state index in [4.69, 9.17) is 11.6 Å². The van der Waals surface area contributed by atoms with Crippen molar-refractivity contribution in [2.75, 3.05) is 12.4 Å². The van der Waals surface area contributed by atoms with Crippen molar-refractivity contribution in [2.45, 2.75) is 46.6 Å². The molecule has 2 heteroatoms. The molecule has 1 N–H and O–H groups in total. The van der Waals surface area contributed by atoms with Gasteiger partial charge < -0.3 is 5.32 Å². The first kappa shape index (κ1) is 13.9. The predicted octanol–water partition coefficient (Wildman–Crippen LogP) is 4.11. The first-order valence-corrected chi connectivity index (χ1v) is 7.43. The molecule has 0 unspecified atom stereocenters. The number of benzene rings is 1. The first-order valence-electron chi connectivity index (χ1n) is 6.90. The Bertz CT molecular complexity index is 398. The number of hydrogen-bond donors (Lipinski definition) is 1. The molecule has 2 rings (SSSR count). The summed E-state index contributed by atoms with van der Waals surface area (Å²) in [6.07, 6.45) is 3.85. The zero-order chi connectivity index (χ0) is 13.2. The number of halogens is 1. The van der Waals surface area contributed by atoms with E-state index in [0.717, 1.165) is 25.4 Å². The highest BCUT2D eigenvalue weighted by Gasteiger charge is 2.41. The fourth-order valence-corrected chi connectivity index (χ4v) is 3.23. The fraction of sp³-hybridized carbons (Fsp3) is 0.625. The van der Waals surface area contributed by atoms with Crippen LogP contribution in [0.25, 0.3) is 0 Å². The van der Waals surface area contributed by atoms with Gasteiger partial charge in [0.15, 0.2) is 0 Å². The van der Waals surface area contributed by atoms with E-state index < -0.39 is 0 Å². The third-order valence-electron chi connectivity index (χ3n) is 4.22. The van der Waals surface area contributed by atoms with Crippen LogP contribution in [-0.2, 0) is 6.54 Å². The van der Waals surface area contributed by atoms with Gasteiger partial charge in [-0.25, -0.2) is 0 Å². The molecule has 0 amide bonds. The average Bonchev–Trinajstić information content (AvgIpc) is 3.03. The smallest absolute Gasteiger partial charge is 0.0229 e. The van der Waals surface area contributed by atoms with Crippen molar-refractivity contribution < 1.29 is 0 Å². The fourth-order valence-electron chi connectivity index (χ4n) is 2.83. The maximum absolute atomic E-state index is 5.86. The number of aryl methyl sites for hydroxylation is 3. The molecule has 1 fully saturated rings. The van der Waals surface area contributed by atoms with E-state index in [-0.39, 0.29) is 0 Å². The molecule has 1 aliphatic carbocycles. The third kappa shape index (κ3) is 3.27. The molecule has 100 valence electrons. The largest absolute Gasteiger partial charge is 0.312 e. The predicted molar refractivity (Wildman–Crippen MR) is 79.4 cm³/mol. The van der Waals surface area contributed by atoms with Gasteiger partial charge in [-0.15, -0.1) is 11.6 Å². The number of rotatable bonds is 6. The molecule has 0 aliphatic heterocycles. The van der Waals surface area contributed by atoms with E-state index in [1.165, 1.54) is 35.1 Å².